The van der Waals surface area contributed by atoms with Crippen molar-refractivity contribution < 1.29 is 5.11 Å². The first-order valence-corrected chi connectivity index (χ1v) is 10.8. The molecule has 0 unspecified atom stereocenters. The molecule has 0 radical (unpaired) electrons. The highest BCUT2D eigenvalue weighted by molar-refractivity contribution is 5.43. The molecule has 3 heterocycles. The van der Waals surface area contributed by atoms with E-state index < -0.39 is 5.60 Å². The summed E-state index contributed by atoms with van der Waals surface area (Å²) in [7, 11) is 0. The first-order valence-electron chi connectivity index (χ1n) is 10.8. The van der Waals surface area contributed by atoms with Gasteiger partial charge in [0.2, 0.25) is 0 Å². The van der Waals surface area contributed by atoms with E-state index in [1.54, 1.807) is 37.0 Å². The number of hydrogen-bond donors (Lipinski definition) is 1. The maximum atomic E-state index is 10.5. The second-order valence-electron chi connectivity index (χ2n) is 8.78. The molecule has 168 valence electrons. The number of rotatable bonds is 5. The van der Waals surface area contributed by atoms with Crippen molar-refractivity contribution in [2.75, 3.05) is 0 Å². The second kappa shape index (κ2) is 8.26. The summed E-state index contributed by atoms with van der Waals surface area (Å²) in [5, 5.41) is 28.9. The minimum Gasteiger partial charge on any atom is -0.386 e. The van der Waals surface area contributed by atoms with Crippen LogP contribution in [0.15, 0.2) is 36.7 Å². The van der Waals surface area contributed by atoms with Gasteiger partial charge < -0.3 is 5.11 Å². The van der Waals surface area contributed by atoms with Gasteiger partial charge in [-0.05, 0) is 65.8 Å². The number of nitriles is 1. The van der Waals surface area contributed by atoms with Crippen molar-refractivity contribution in [3.8, 4) is 17.6 Å². The summed E-state index contributed by atoms with van der Waals surface area (Å²) in [4.78, 5) is 8.90. The average Bonchev–Trinajstić information content (AvgIpc) is 3.23. The summed E-state index contributed by atoms with van der Waals surface area (Å²) in [5.41, 5.74) is 6.85. The molecule has 1 N–H and O–H groups in total. The summed E-state index contributed by atoms with van der Waals surface area (Å²) in [5.74, 6) is 0.658. The van der Waals surface area contributed by atoms with E-state index >= 15 is 0 Å². The highest BCUT2D eigenvalue weighted by Gasteiger charge is 2.26. The Labute approximate surface area is 193 Å². The number of benzene rings is 1. The van der Waals surface area contributed by atoms with Gasteiger partial charge in [-0.15, -0.1) is 0 Å². The fourth-order valence-electron chi connectivity index (χ4n) is 4.39. The minimum absolute atomic E-state index is 0.598. The van der Waals surface area contributed by atoms with Crippen molar-refractivity contribution >= 4 is 0 Å². The Kier molecular flexibility index (Phi) is 5.60. The van der Waals surface area contributed by atoms with Crippen molar-refractivity contribution in [2.24, 2.45) is 0 Å². The molecule has 4 aromatic rings. The Morgan fingerprint density at radius 2 is 1.61 bits per heavy atom. The molecule has 0 saturated heterocycles. The van der Waals surface area contributed by atoms with Crippen LogP contribution in [0.5, 0.6) is 0 Å². The number of nitrogens with zero attached hydrogens (tertiary/aromatic N) is 7. The number of aliphatic hydroxyl groups is 1. The molecule has 0 atom stereocenters. The lowest BCUT2D eigenvalue weighted by atomic mass is 9.96. The molecular formula is C25H27N7O. The standard InChI is InChI=1S/C25H27N7O/c1-15-22(17(3)31(29-15)21-9-7-19(13-26)8-10-21)11-20-12-23(28-14-27-20)32-18(4)24(16(2)30-32)25(5,6)33/h7-10,12,14,33H,11H2,1-6H3. The van der Waals surface area contributed by atoms with Crippen molar-refractivity contribution in [2.45, 2.75) is 53.6 Å². The van der Waals surface area contributed by atoms with Gasteiger partial charge in [0.25, 0.3) is 0 Å². The van der Waals surface area contributed by atoms with Gasteiger partial charge in [-0.2, -0.15) is 15.5 Å². The van der Waals surface area contributed by atoms with Crippen LogP contribution in [0.4, 0.5) is 0 Å². The van der Waals surface area contributed by atoms with Gasteiger partial charge in [0.15, 0.2) is 5.82 Å². The van der Waals surface area contributed by atoms with E-state index in [0.29, 0.717) is 17.8 Å². The summed E-state index contributed by atoms with van der Waals surface area (Å²) >= 11 is 0. The van der Waals surface area contributed by atoms with Crippen LogP contribution in [-0.2, 0) is 12.0 Å². The zero-order chi connectivity index (χ0) is 23.9. The molecular weight excluding hydrogens is 414 g/mol. The molecule has 0 fully saturated rings. The van der Waals surface area contributed by atoms with E-state index in [1.807, 2.05) is 50.6 Å². The Bertz CT molecular complexity index is 1370. The van der Waals surface area contributed by atoms with Crippen LogP contribution in [-0.4, -0.2) is 34.6 Å². The van der Waals surface area contributed by atoms with E-state index in [2.05, 4.69) is 21.1 Å². The minimum atomic E-state index is -0.990. The predicted molar refractivity (Wildman–Crippen MR) is 124 cm³/mol. The van der Waals surface area contributed by atoms with Gasteiger partial charge >= 0.3 is 0 Å². The van der Waals surface area contributed by atoms with Gasteiger partial charge in [-0.1, -0.05) is 0 Å². The van der Waals surface area contributed by atoms with Gasteiger partial charge in [0, 0.05) is 35.0 Å². The zero-order valence-corrected chi connectivity index (χ0v) is 19.7. The van der Waals surface area contributed by atoms with Crippen molar-refractivity contribution in [3.05, 3.63) is 81.8 Å². The number of hydrogen-bond acceptors (Lipinski definition) is 6. The molecule has 0 aliphatic heterocycles. The first kappa shape index (κ1) is 22.4. The van der Waals surface area contributed by atoms with Crippen LogP contribution in [0.25, 0.3) is 11.5 Å². The summed E-state index contributed by atoms with van der Waals surface area (Å²) in [6.45, 7) is 11.4. The maximum Gasteiger partial charge on any atom is 0.157 e. The second-order valence-corrected chi connectivity index (χ2v) is 8.78. The van der Waals surface area contributed by atoms with E-state index in [9.17, 15) is 5.11 Å². The molecule has 3 aromatic heterocycles. The van der Waals surface area contributed by atoms with Crippen LogP contribution >= 0.6 is 0 Å². The molecule has 0 saturated carbocycles. The molecule has 0 spiro atoms. The highest BCUT2D eigenvalue weighted by atomic mass is 16.3. The van der Waals surface area contributed by atoms with Gasteiger partial charge in [-0.3, -0.25) is 0 Å². The van der Waals surface area contributed by atoms with Crippen LogP contribution in [0.3, 0.4) is 0 Å². The van der Waals surface area contributed by atoms with E-state index in [4.69, 9.17) is 10.4 Å². The Morgan fingerprint density at radius 1 is 0.939 bits per heavy atom. The van der Waals surface area contributed by atoms with Gasteiger partial charge in [-0.25, -0.2) is 19.3 Å². The fraction of sp³-hybridized carbons (Fsp3) is 0.320. The first-order chi connectivity index (χ1) is 15.6. The molecule has 4 rings (SSSR count). The SMILES string of the molecule is Cc1nn(-c2ccc(C#N)cc2)c(C)c1Cc1cc(-n2nc(C)c(C(C)(C)O)c2C)ncn1. The molecule has 8 heteroatoms. The van der Waals surface area contributed by atoms with Crippen molar-refractivity contribution in [1.82, 2.24) is 29.5 Å². The molecule has 0 aliphatic rings. The number of aryl methyl sites for hydroxylation is 2. The van der Waals surface area contributed by atoms with Crippen LogP contribution in [0.1, 0.15) is 59.0 Å². The summed E-state index contributed by atoms with van der Waals surface area (Å²) in [6.07, 6.45) is 2.14. The highest BCUT2D eigenvalue weighted by Crippen LogP contribution is 2.28. The normalized spacial score (nSPS) is 11.6. The van der Waals surface area contributed by atoms with Crippen LogP contribution < -0.4 is 0 Å². The van der Waals surface area contributed by atoms with E-state index in [0.717, 1.165) is 45.3 Å². The lowest BCUT2D eigenvalue weighted by molar-refractivity contribution is 0.0772. The summed E-state index contributed by atoms with van der Waals surface area (Å²) in [6, 6.07) is 11.4. The van der Waals surface area contributed by atoms with Crippen LogP contribution in [0.2, 0.25) is 0 Å². The average molecular weight is 442 g/mol. The largest absolute Gasteiger partial charge is 0.386 e. The topological polar surface area (TPSA) is 105 Å². The molecule has 0 bridgehead atoms. The predicted octanol–water partition coefficient (Wildman–Crippen LogP) is 3.77. The molecule has 1 aromatic carbocycles. The quantitative estimate of drug-likeness (QED) is 0.505. The molecule has 0 amide bonds. The third kappa shape index (κ3) is 4.15. The smallest absolute Gasteiger partial charge is 0.157 e. The Morgan fingerprint density at radius 3 is 2.21 bits per heavy atom. The van der Waals surface area contributed by atoms with E-state index in [-0.39, 0.29) is 0 Å². The third-order valence-corrected chi connectivity index (χ3v) is 5.87. The lowest BCUT2D eigenvalue weighted by Gasteiger charge is -2.18. The lowest BCUT2D eigenvalue weighted by Crippen LogP contribution is -2.18. The van der Waals surface area contributed by atoms with Gasteiger partial charge in [0.05, 0.1) is 40.0 Å². The van der Waals surface area contributed by atoms with Crippen molar-refractivity contribution in [3.63, 3.8) is 0 Å². The zero-order valence-electron chi connectivity index (χ0n) is 19.7. The van der Waals surface area contributed by atoms with Crippen LogP contribution in [0, 0.1) is 39.0 Å². The van der Waals surface area contributed by atoms with Crippen molar-refractivity contribution in [1.29, 1.82) is 5.26 Å². The monoisotopic (exact) mass is 441 g/mol. The Balaban J connectivity index is 1.68. The molecule has 33 heavy (non-hydrogen) atoms. The Hall–Kier alpha value is -3.83. The molecule has 8 nitrogen and oxygen atoms in total. The third-order valence-electron chi connectivity index (χ3n) is 5.87. The molecule has 0 aliphatic carbocycles. The number of aromatic nitrogens is 6. The van der Waals surface area contributed by atoms with E-state index in [1.165, 1.54) is 0 Å². The fourth-order valence-corrected chi connectivity index (χ4v) is 4.39. The van der Waals surface area contributed by atoms with Gasteiger partial charge in [0.1, 0.15) is 6.33 Å². The maximum absolute atomic E-state index is 10.5. The summed E-state index contributed by atoms with van der Waals surface area (Å²) < 4.78 is 3.65.